The molecule has 0 fully saturated rings. The van der Waals surface area contributed by atoms with Gasteiger partial charge in [0.1, 0.15) is 18.7 Å². The van der Waals surface area contributed by atoms with Crippen molar-refractivity contribution < 1.29 is 29.0 Å². The lowest BCUT2D eigenvalue weighted by Gasteiger charge is -2.36. The summed E-state index contributed by atoms with van der Waals surface area (Å²) in [5.41, 5.74) is 2.51. The highest BCUT2D eigenvalue weighted by Gasteiger charge is 2.37. The van der Waals surface area contributed by atoms with E-state index in [2.05, 4.69) is 10.6 Å². The number of carboxylic acids is 1. The van der Waals surface area contributed by atoms with Crippen molar-refractivity contribution in [2.45, 2.75) is 24.9 Å². The Bertz CT molecular complexity index is 1300. The van der Waals surface area contributed by atoms with Crippen molar-refractivity contribution in [2.75, 3.05) is 23.9 Å². The second-order valence-corrected chi connectivity index (χ2v) is 8.68. The molecule has 9 heteroatoms. The monoisotopic (exact) mass is 501 g/mol. The van der Waals surface area contributed by atoms with Crippen LogP contribution >= 0.6 is 0 Å². The highest BCUT2D eigenvalue weighted by atomic mass is 16.5. The van der Waals surface area contributed by atoms with Crippen molar-refractivity contribution in [3.05, 3.63) is 95.6 Å². The fraction of sp³-hybridized carbons (Fsp3) is 0.214. The van der Waals surface area contributed by atoms with E-state index in [0.29, 0.717) is 12.1 Å². The van der Waals surface area contributed by atoms with Crippen molar-refractivity contribution in [3.8, 4) is 0 Å². The Labute approximate surface area is 214 Å². The van der Waals surface area contributed by atoms with Crippen molar-refractivity contribution in [2.24, 2.45) is 0 Å². The van der Waals surface area contributed by atoms with Gasteiger partial charge in [-0.3, -0.25) is 19.3 Å². The normalized spacial score (nSPS) is 15.3. The standard InChI is InChI=1S/C28H27N3O6/c1-37-17-25(32)31-23-13-12-20(26(33)30-22(28(35)36)14-18-8-4-2-5-9-18)16-21(23)29-27(34)24(31)15-19-10-6-3-7-11-19/h2-13,16,22,24H,14-15,17H2,1H3,(H,29,34)(H,30,33)(H,35,36). The molecule has 0 saturated carbocycles. The summed E-state index contributed by atoms with van der Waals surface area (Å²) < 4.78 is 5.04. The molecule has 1 aliphatic heterocycles. The van der Waals surface area contributed by atoms with Crippen LogP contribution in [0.2, 0.25) is 0 Å². The van der Waals surface area contributed by atoms with Crippen LogP contribution in [0.1, 0.15) is 21.5 Å². The minimum Gasteiger partial charge on any atom is -0.480 e. The number of carboxylic acid groups (broad SMARTS) is 1. The number of hydrogen-bond acceptors (Lipinski definition) is 5. The summed E-state index contributed by atoms with van der Waals surface area (Å²) in [5, 5.41) is 15.0. The third-order valence-electron chi connectivity index (χ3n) is 6.08. The van der Waals surface area contributed by atoms with Gasteiger partial charge in [-0.1, -0.05) is 60.7 Å². The number of nitrogens with one attached hydrogen (secondary N) is 2. The summed E-state index contributed by atoms with van der Waals surface area (Å²) in [6.45, 7) is -0.222. The summed E-state index contributed by atoms with van der Waals surface area (Å²) >= 11 is 0. The molecule has 4 rings (SSSR count). The first-order valence-corrected chi connectivity index (χ1v) is 11.7. The second-order valence-electron chi connectivity index (χ2n) is 8.68. The molecular formula is C28H27N3O6. The highest BCUT2D eigenvalue weighted by molar-refractivity contribution is 6.13. The number of fused-ring (bicyclic) bond motifs is 1. The Kier molecular flexibility index (Phi) is 7.95. The van der Waals surface area contributed by atoms with Crippen LogP contribution in [0.3, 0.4) is 0 Å². The van der Waals surface area contributed by atoms with Crippen LogP contribution < -0.4 is 15.5 Å². The summed E-state index contributed by atoms with van der Waals surface area (Å²) in [4.78, 5) is 52.2. The fourth-order valence-corrected chi connectivity index (χ4v) is 4.30. The van der Waals surface area contributed by atoms with E-state index in [1.807, 2.05) is 36.4 Å². The van der Waals surface area contributed by atoms with E-state index < -0.39 is 35.8 Å². The van der Waals surface area contributed by atoms with E-state index in [1.54, 1.807) is 30.3 Å². The smallest absolute Gasteiger partial charge is 0.326 e. The van der Waals surface area contributed by atoms with E-state index in [-0.39, 0.29) is 24.3 Å². The van der Waals surface area contributed by atoms with Gasteiger partial charge >= 0.3 is 5.97 Å². The number of hydrogen-bond donors (Lipinski definition) is 3. The Morgan fingerprint density at radius 2 is 1.65 bits per heavy atom. The molecule has 0 saturated heterocycles. The Morgan fingerprint density at radius 1 is 1.00 bits per heavy atom. The van der Waals surface area contributed by atoms with Gasteiger partial charge in [-0.2, -0.15) is 0 Å². The highest BCUT2D eigenvalue weighted by Crippen LogP contribution is 2.34. The topological polar surface area (TPSA) is 125 Å². The molecule has 2 unspecified atom stereocenters. The largest absolute Gasteiger partial charge is 0.480 e. The first kappa shape index (κ1) is 25.6. The Hall–Kier alpha value is -4.50. The maximum Gasteiger partial charge on any atom is 0.326 e. The predicted octanol–water partition coefficient (Wildman–Crippen LogP) is 2.66. The Balaban J connectivity index is 1.59. The quantitative estimate of drug-likeness (QED) is 0.414. The average molecular weight is 502 g/mol. The van der Waals surface area contributed by atoms with Crippen molar-refractivity contribution >= 4 is 35.1 Å². The number of nitrogens with zero attached hydrogens (tertiary/aromatic N) is 1. The fourth-order valence-electron chi connectivity index (χ4n) is 4.30. The van der Waals surface area contributed by atoms with E-state index in [9.17, 15) is 24.3 Å². The molecule has 0 bridgehead atoms. The van der Waals surface area contributed by atoms with Crippen LogP contribution in [0.5, 0.6) is 0 Å². The minimum atomic E-state index is -1.16. The van der Waals surface area contributed by atoms with Gasteiger partial charge in [0.2, 0.25) is 5.91 Å². The number of ether oxygens (including phenoxy) is 1. The summed E-state index contributed by atoms with van der Waals surface area (Å²) in [6.07, 6.45) is 0.410. The number of carbonyl (C=O) groups excluding carboxylic acids is 3. The van der Waals surface area contributed by atoms with Crippen LogP contribution in [0, 0.1) is 0 Å². The number of rotatable bonds is 9. The van der Waals surface area contributed by atoms with Gasteiger partial charge in [0.25, 0.3) is 11.8 Å². The van der Waals surface area contributed by atoms with Crippen LogP contribution in [-0.4, -0.2) is 54.6 Å². The van der Waals surface area contributed by atoms with Gasteiger partial charge in [0.15, 0.2) is 0 Å². The molecule has 3 aromatic rings. The molecule has 0 spiro atoms. The van der Waals surface area contributed by atoms with E-state index in [1.165, 1.54) is 24.1 Å². The SMILES string of the molecule is COCC(=O)N1c2ccc(C(=O)NC(Cc3ccccc3)C(=O)O)cc2NC(=O)C1Cc1ccccc1. The lowest BCUT2D eigenvalue weighted by atomic mass is 9.99. The van der Waals surface area contributed by atoms with Crippen LogP contribution in [0.15, 0.2) is 78.9 Å². The number of carbonyl (C=O) groups is 4. The number of benzene rings is 3. The van der Waals surface area contributed by atoms with E-state index in [4.69, 9.17) is 4.74 Å². The molecule has 2 atom stereocenters. The van der Waals surface area contributed by atoms with Crippen molar-refractivity contribution in [1.82, 2.24) is 5.32 Å². The van der Waals surface area contributed by atoms with Crippen molar-refractivity contribution in [1.29, 1.82) is 0 Å². The zero-order valence-corrected chi connectivity index (χ0v) is 20.2. The number of amides is 3. The maximum absolute atomic E-state index is 13.1. The Morgan fingerprint density at radius 3 is 2.27 bits per heavy atom. The molecule has 9 nitrogen and oxygen atoms in total. The van der Waals surface area contributed by atoms with E-state index in [0.717, 1.165) is 11.1 Å². The van der Waals surface area contributed by atoms with Gasteiger partial charge < -0.3 is 20.5 Å². The summed E-state index contributed by atoms with van der Waals surface area (Å²) in [5.74, 6) is -2.57. The molecule has 190 valence electrons. The molecule has 1 heterocycles. The second kappa shape index (κ2) is 11.5. The number of aliphatic carboxylic acids is 1. The van der Waals surface area contributed by atoms with E-state index >= 15 is 0 Å². The first-order valence-electron chi connectivity index (χ1n) is 11.7. The minimum absolute atomic E-state index is 0.115. The molecule has 1 aliphatic rings. The molecule has 37 heavy (non-hydrogen) atoms. The van der Waals surface area contributed by atoms with Gasteiger partial charge in [-0.25, -0.2) is 4.79 Å². The van der Waals surface area contributed by atoms with Gasteiger partial charge in [-0.05, 0) is 29.3 Å². The summed E-state index contributed by atoms with van der Waals surface area (Å²) in [6, 6.07) is 20.9. The van der Waals surface area contributed by atoms with Crippen LogP contribution in [0.4, 0.5) is 11.4 Å². The predicted molar refractivity (Wildman–Crippen MR) is 137 cm³/mol. The molecule has 3 amide bonds. The van der Waals surface area contributed by atoms with Gasteiger partial charge in [-0.15, -0.1) is 0 Å². The zero-order valence-electron chi connectivity index (χ0n) is 20.2. The third-order valence-corrected chi connectivity index (χ3v) is 6.08. The zero-order chi connectivity index (χ0) is 26.4. The average Bonchev–Trinajstić information content (AvgIpc) is 2.89. The van der Waals surface area contributed by atoms with Crippen LogP contribution in [0.25, 0.3) is 0 Å². The summed E-state index contributed by atoms with van der Waals surface area (Å²) in [7, 11) is 1.40. The third kappa shape index (κ3) is 6.02. The molecule has 0 aliphatic carbocycles. The molecule has 3 aromatic carbocycles. The molecule has 0 radical (unpaired) electrons. The number of anilines is 2. The maximum atomic E-state index is 13.1. The molecule has 0 aromatic heterocycles. The van der Waals surface area contributed by atoms with Crippen molar-refractivity contribution in [3.63, 3.8) is 0 Å². The van der Waals surface area contributed by atoms with Gasteiger partial charge in [0.05, 0.1) is 11.4 Å². The first-order chi connectivity index (χ1) is 17.9. The van der Waals surface area contributed by atoms with Gasteiger partial charge in [0, 0.05) is 25.5 Å². The lowest BCUT2D eigenvalue weighted by molar-refractivity contribution is -0.139. The molecule has 3 N–H and O–H groups in total. The lowest BCUT2D eigenvalue weighted by Crippen LogP contribution is -2.53. The molecular weight excluding hydrogens is 474 g/mol. The van der Waals surface area contributed by atoms with Crippen LogP contribution in [-0.2, 0) is 32.0 Å². The number of methoxy groups -OCH3 is 1.